The highest BCUT2D eigenvalue weighted by Gasteiger charge is 2.64. The molecule has 0 aromatic rings. The van der Waals surface area contributed by atoms with Crippen LogP contribution in [0.5, 0.6) is 0 Å². The predicted octanol–water partition coefficient (Wildman–Crippen LogP) is 2.45. The lowest BCUT2D eigenvalue weighted by Crippen LogP contribution is -2.25. The van der Waals surface area contributed by atoms with Crippen molar-refractivity contribution in [1.82, 2.24) is 0 Å². The van der Waals surface area contributed by atoms with Crippen molar-refractivity contribution in [2.45, 2.75) is 50.7 Å². The molecule has 3 unspecified atom stereocenters. The fourth-order valence-electron chi connectivity index (χ4n) is 2.76. The molecule has 0 radical (unpaired) electrons. The molecule has 1 aliphatic heterocycles. The van der Waals surface area contributed by atoms with Crippen LogP contribution >= 0.6 is 0 Å². The topological polar surface area (TPSA) is 38.8 Å². The number of esters is 1. The number of fused-ring (bicyclic) bond motifs is 1. The molecule has 2 rings (SSSR count). The first kappa shape index (κ1) is 11.6. The van der Waals surface area contributed by atoms with Crippen LogP contribution in [0.4, 0.5) is 0 Å². The summed E-state index contributed by atoms with van der Waals surface area (Å²) in [5, 5.41) is 0. The van der Waals surface area contributed by atoms with E-state index in [-0.39, 0.29) is 23.1 Å². The van der Waals surface area contributed by atoms with Crippen molar-refractivity contribution in [3.63, 3.8) is 0 Å². The van der Waals surface area contributed by atoms with E-state index in [2.05, 4.69) is 20.4 Å². The minimum absolute atomic E-state index is 0.000463. The molecule has 1 saturated heterocycles. The van der Waals surface area contributed by atoms with Gasteiger partial charge in [0.05, 0.1) is 17.1 Å². The van der Waals surface area contributed by atoms with E-state index in [4.69, 9.17) is 9.47 Å². The quantitative estimate of drug-likeness (QED) is 0.420. The maximum absolute atomic E-state index is 11.8. The van der Waals surface area contributed by atoms with Gasteiger partial charge in [0.2, 0.25) is 0 Å². The normalized spacial score (nSPS) is 41.8. The van der Waals surface area contributed by atoms with Gasteiger partial charge in [-0.25, -0.2) is 0 Å². The Morgan fingerprint density at radius 3 is 3.00 bits per heavy atom. The van der Waals surface area contributed by atoms with Crippen LogP contribution in [0.1, 0.15) is 39.5 Å². The average Bonchev–Trinajstić information content (AvgIpc) is 2.77. The summed E-state index contributed by atoms with van der Waals surface area (Å²) < 4.78 is 10.9. The van der Waals surface area contributed by atoms with Crippen molar-refractivity contribution in [3.8, 4) is 0 Å². The number of hydrogen-bond donors (Lipinski definition) is 0. The molecule has 2 fully saturated rings. The van der Waals surface area contributed by atoms with Crippen molar-refractivity contribution in [3.05, 3.63) is 12.7 Å². The first-order valence-electron chi connectivity index (χ1n) is 5.98. The summed E-state index contributed by atoms with van der Waals surface area (Å²) in [6.07, 6.45) is 5.41. The van der Waals surface area contributed by atoms with Gasteiger partial charge in [0.1, 0.15) is 6.61 Å². The lowest BCUT2D eigenvalue weighted by molar-refractivity contribution is -0.148. The molecule has 0 aromatic heterocycles. The van der Waals surface area contributed by atoms with Crippen molar-refractivity contribution < 1.29 is 14.3 Å². The molecular weight excluding hydrogens is 204 g/mol. The molecular formula is C13H20O3. The molecule has 0 spiro atoms. The van der Waals surface area contributed by atoms with Crippen molar-refractivity contribution in [2.75, 3.05) is 6.61 Å². The Labute approximate surface area is 96.8 Å². The Morgan fingerprint density at radius 1 is 1.56 bits per heavy atom. The van der Waals surface area contributed by atoms with Gasteiger partial charge in [0, 0.05) is 0 Å². The molecule has 1 heterocycles. The monoisotopic (exact) mass is 224 g/mol. The highest BCUT2D eigenvalue weighted by atomic mass is 16.6. The number of carbonyl (C=O) groups is 1. The van der Waals surface area contributed by atoms with Crippen LogP contribution in [0.2, 0.25) is 0 Å². The Hall–Kier alpha value is -0.830. The van der Waals surface area contributed by atoms with E-state index in [1.165, 1.54) is 0 Å². The summed E-state index contributed by atoms with van der Waals surface area (Å²) >= 11 is 0. The zero-order chi connectivity index (χ0) is 11.8. The van der Waals surface area contributed by atoms with E-state index < -0.39 is 0 Å². The highest BCUT2D eigenvalue weighted by Crippen LogP contribution is 2.56. The molecule has 3 atom stereocenters. The third-order valence-corrected chi connectivity index (χ3v) is 4.05. The number of hydrogen-bond acceptors (Lipinski definition) is 3. The predicted molar refractivity (Wildman–Crippen MR) is 61.0 cm³/mol. The second-order valence-electron chi connectivity index (χ2n) is 5.28. The Balaban J connectivity index is 1.96. The first-order chi connectivity index (χ1) is 7.51. The van der Waals surface area contributed by atoms with Crippen molar-refractivity contribution in [1.29, 1.82) is 0 Å². The van der Waals surface area contributed by atoms with Crippen molar-refractivity contribution >= 4 is 5.97 Å². The fraction of sp³-hybridized carbons (Fsp3) is 0.769. The smallest absolute Gasteiger partial charge is 0.309 e. The minimum Gasteiger partial charge on any atom is -0.461 e. The summed E-state index contributed by atoms with van der Waals surface area (Å²) in [7, 11) is 0. The third kappa shape index (κ3) is 1.88. The van der Waals surface area contributed by atoms with Gasteiger partial charge in [-0.1, -0.05) is 12.7 Å². The zero-order valence-electron chi connectivity index (χ0n) is 10.1. The number of carbonyl (C=O) groups excluding carboxylic acids is 1. The largest absolute Gasteiger partial charge is 0.461 e. The molecule has 90 valence electrons. The standard InChI is InChI=1S/C13H20O3/c1-4-8-15-11(14)10-6-5-7-12(2)13(3,9-10)16-12/h4,10H,1,5-9H2,2-3H3. The van der Waals surface area contributed by atoms with Gasteiger partial charge in [0.25, 0.3) is 0 Å². The molecule has 16 heavy (non-hydrogen) atoms. The molecule has 2 aliphatic rings. The van der Waals surface area contributed by atoms with Crippen LogP contribution in [-0.2, 0) is 14.3 Å². The van der Waals surface area contributed by atoms with E-state index in [1.54, 1.807) is 6.08 Å². The van der Waals surface area contributed by atoms with Crippen LogP contribution in [0.15, 0.2) is 12.7 Å². The van der Waals surface area contributed by atoms with E-state index in [0.717, 1.165) is 25.7 Å². The van der Waals surface area contributed by atoms with E-state index >= 15 is 0 Å². The van der Waals surface area contributed by atoms with E-state index in [0.29, 0.717) is 6.61 Å². The summed E-state index contributed by atoms with van der Waals surface area (Å²) in [6, 6.07) is 0. The molecule has 1 saturated carbocycles. The summed E-state index contributed by atoms with van der Waals surface area (Å²) in [6.45, 7) is 8.10. The van der Waals surface area contributed by atoms with Gasteiger partial charge >= 0.3 is 5.97 Å². The number of epoxide rings is 1. The lowest BCUT2D eigenvalue weighted by atomic mass is 9.88. The van der Waals surface area contributed by atoms with Crippen LogP contribution in [0.25, 0.3) is 0 Å². The van der Waals surface area contributed by atoms with Crippen LogP contribution < -0.4 is 0 Å². The van der Waals surface area contributed by atoms with Gasteiger partial charge < -0.3 is 9.47 Å². The molecule has 3 heteroatoms. The zero-order valence-corrected chi connectivity index (χ0v) is 10.1. The molecule has 0 bridgehead atoms. The lowest BCUT2D eigenvalue weighted by Gasteiger charge is -2.15. The molecule has 0 N–H and O–H groups in total. The van der Waals surface area contributed by atoms with Gasteiger partial charge in [0.15, 0.2) is 0 Å². The second kappa shape index (κ2) is 3.88. The molecule has 1 aliphatic carbocycles. The van der Waals surface area contributed by atoms with Crippen LogP contribution in [0, 0.1) is 5.92 Å². The fourth-order valence-corrected chi connectivity index (χ4v) is 2.76. The molecule has 0 aromatic carbocycles. The van der Waals surface area contributed by atoms with Gasteiger partial charge in [-0.3, -0.25) is 4.79 Å². The average molecular weight is 224 g/mol. The summed E-state index contributed by atoms with van der Waals surface area (Å²) in [4.78, 5) is 11.8. The van der Waals surface area contributed by atoms with Crippen LogP contribution in [0.3, 0.4) is 0 Å². The number of rotatable bonds is 3. The second-order valence-corrected chi connectivity index (χ2v) is 5.28. The van der Waals surface area contributed by atoms with Crippen molar-refractivity contribution in [2.24, 2.45) is 5.92 Å². The Morgan fingerprint density at radius 2 is 2.31 bits per heavy atom. The van der Waals surface area contributed by atoms with Crippen LogP contribution in [-0.4, -0.2) is 23.8 Å². The van der Waals surface area contributed by atoms with Gasteiger partial charge in [-0.2, -0.15) is 0 Å². The highest BCUT2D eigenvalue weighted by molar-refractivity contribution is 5.72. The van der Waals surface area contributed by atoms with Gasteiger partial charge in [-0.15, -0.1) is 0 Å². The third-order valence-electron chi connectivity index (χ3n) is 4.05. The molecule has 3 nitrogen and oxygen atoms in total. The summed E-state index contributed by atoms with van der Waals surface area (Å²) in [5.41, 5.74) is -0.109. The number of ether oxygens (including phenoxy) is 2. The SMILES string of the molecule is C=CCOC(=O)C1CCCC2(C)OC2(C)C1. The Bertz CT molecular complexity index is 312. The van der Waals surface area contributed by atoms with E-state index in [1.807, 2.05) is 0 Å². The maximum Gasteiger partial charge on any atom is 0.309 e. The van der Waals surface area contributed by atoms with E-state index in [9.17, 15) is 4.79 Å². The Kier molecular flexibility index (Phi) is 2.82. The molecule has 0 amide bonds. The maximum atomic E-state index is 11.8. The van der Waals surface area contributed by atoms with Gasteiger partial charge in [-0.05, 0) is 39.5 Å². The first-order valence-corrected chi connectivity index (χ1v) is 5.98. The minimum atomic E-state index is -0.110. The summed E-state index contributed by atoms with van der Waals surface area (Å²) in [5.74, 6) is -0.102.